The molecule has 1 aromatic rings. The molecule has 0 heterocycles. The highest BCUT2D eigenvalue weighted by atomic mass is 35.5. The highest BCUT2D eigenvalue weighted by Crippen LogP contribution is 2.37. The second-order valence-corrected chi connectivity index (χ2v) is 5.00. The van der Waals surface area contributed by atoms with Gasteiger partial charge in [0.05, 0.1) is 0 Å². The first kappa shape index (κ1) is 11.9. The molecule has 1 aliphatic carbocycles. The van der Waals surface area contributed by atoms with Gasteiger partial charge < -0.3 is 5.32 Å². The van der Waals surface area contributed by atoms with Gasteiger partial charge in [-0.05, 0) is 62.4 Å². The normalized spacial score (nSPS) is 24.2. The molecular formula is C13H17ClFN. The number of halogens is 2. The molecule has 16 heavy (non-hydrogen) atoms. The van der Waals surface area contributed by atoms with Gasteiger partial charge in [0.2, 0.25) is 0 Å². The third-order valence-electron chi connectivity index (χ3n) is 3.54. The van der Waals surface area contributed by atoms with Crippen LogP contribution in [0.4, 0.5) is 4.39 Å². The summed E-state index contributed by atoms with van der Waals surface area (Å²) in [7, 11) is 1.99. The van der Waals surface area contributed by atoms with Crippen LogP contribution in [0.1, 0.15) is 18.4 Å². The molecule has 0 aromatic heterocycles. The van der Waals surface area contributed by atoms with E-state index in [-0.39, 0.29) is 5.82 Å². The lowest BCUT2D eigenvalue weighted by Gasteiger charge is -2.37. The van der Waals surface area contributed by atoms with E-state index in [2.05, 4.69) is 5.32 Å². The van der Waals surface area contributed by atoms with Gasteiger partial charge in [0.15, 0.2) is 0 Å². The van der Waals surface area contributed by atoms with Crippen molar-refractivity contribution in [2.24, 2.45) is 11.8 Å². The van der Waals surface area contributed by atoms with E-state index in [1.807, 2.05) is 13.1 Å². The van der Waals surface area contributed by atoms with E-state index in [0.717, 1.165) is 24.4 Å². The Kier molecular flexibility index (Phi) is 3.82. The van der Waals surface area contributed by atoms with Crippen molar-refractivity contribution in [1.29, 1.82) is 0 Å². The van der Waals surface area contributed by atoms with E-state index < -0.39 is 0 Å². The van der Waals surface area contributed by atoms with Gasteiger partial charge in [-0.15, -0.1) is 0 Å². The van der Waals surface area contributed by atoms with Crippen LogP contribution in [0, 0.1) is 17.7 Å². The second-order valence-electron chi connectivity index (χ2n) is 4.60. The summed E-state index contributed by atoms with van der Waals surface area (Å²) in [6, 6.07) is 4.71. The highest BCUT2D eigenvalue weighted by molar-refractivity contribution is 6.31. The van der Waals surface area contributed by atoms with Gasteiger partial charge in [0, 0.05) is 5.02 Å². The van der Waals surface area contributed by atoms with Crippen LogP contribution in [0.25, 0.3) is 0 Å². The summed E-state index contributed by atoms with van der Waals surface area (Å²) < 4.78 is 12.9. The minimum absolute atomic E-state index is 0.255. The summed E-state index contributed by atoms with van der Waals surface area (Å²) in [5.74, 6) is 1.20. The Balaban J connectivity index is 1.98. The van der Waals surface area contributed by atoms with Crippen LogP contribution in [-0.4, -0.2) is 13.6 Å². The maximum absolute atomic E-state index is 12.9. The Bertz CT molecular complexity index is 367. The summed E-state index contributed by atoms with van der Waals surface area (Å²) >= 11 is 6.02. The van der Waals surface area contributed by atoms with Crippen molar-refractivity contribution in [3.05, 3.63) is 34.6 Å². The average molecular weight is 242 g/mol. The van der Waals surface area contributed by atoms with Gasteiger partial charge in [-0.25, -0.2) is 4.39 Å². The molecule has 1 nitrogen and oxygen atoms in total. The number of benzene rings is 1. The van der Waals surface area contributed by atoms with Gasteiger partial charge in [-0.1, -0.05) is 17.7 Å². The number of hydrogen-bond acceptors (Lipinski definition) is 1. The zero-order valence-electron chi connectivity index (χ0n) is 9.47. The Labute approximate surface area is 101 Å². The van der Waals surface area contributed by atoms with Crippen molar-refractivity contribution >= 4 is 11.6 Å². The molecule has 3 heteroatoms. The molecule has 1 aliphatic rings. The Morgan fingerprint density at radius 2 is 2.12 bits per heavy atom. The SMILES string of the molecule is CNCC1CCC1Cc1ccc(F)cc1Cl. The van der Waals surface area contributed by atoms with Crippen LogP contribution in [0.5, 0.6) is 0 Å². The molecule has 0 spiro atoms. The number of rotatable bonds is 4. The van der Waals surface area contributed by atoms with E-state index in [4.69, 9.17) is 11.6 Å². The summed E-state index contributed by atoms with van der Waals surface area (Å²) in [5.41, 5.74) is 1.08. The lowest BCUT2D eigenvalue weighted by molar-refractivity contribution is 0.174. The molecule has 0 bridgehead atoms. The van der Waals surface area contributed by atoms with Gasteiger partial charge in [-0.2, -0.15) is 0 Å². The molecule has 2 rings (SSSR count). The average Bonchev–Trinajstić information content (AvgIpc) is 2.23. The maximum Gasteiger partial charge on any atom is 0.124 e. The molecule has 1 fully saturated rings. The molecule has 0 amide bonds. The molecule has 0 aliphatic heterocycles. The lowest BCUT2D eigenvalue weighted by Crippen LogP contribution is -2.35. The summed E-state index contributed by atoms with van der Waals surface area (Å²) in [5, 5.41) is 3.78. The topological polar surface area (TPSA) is 12.0 Å². The fraction of sp³-hybridized carbons (Fsp3) is 0.538. The van der Waals surface area contributed by atoms with E-state index in [9.17, 15) is 4.39 Å². The summed E-state index contributed by atoms with van der Waals surface area (Å²) in [4.78, 5) is 0. The zero-order valence-corrected chi connectivity index (χ0v) is 10.2. The van der Waals surface area contributed by atoms with Crippen LogP contribution in [-0.2, 0) is 6.42 Å². The van der Waals surface area contributed by atoms with Crippen LogP contribution in [0.15, 0.2) is 18.2 Å². The standard InChI is InChI=1S/C13H17ClFN/c1-16-8-11-3-2-9(11)6-10-4-5-12(15)7-13(10)14/h4-5,7,9,11,16H,2-3,6,8H2,1H3. The van der Waals surface area contributed by atoms with Crippen LogP contribution in [0.3, 0.4) is 0 Å². The van der Waals surface area contributed by atoms with Gasteiger partial charge in [0.1, 0.15) is 5.82 Å². The van der Waals surface area contributed by atoms with Crippen LogP contribution in [0.2, 0.25) is 5.02 Å². The fourth-order valence-electron chi connectivity index (χ4n) is 2.41. The third-order valence-corrected chi connectivity index (χ3v) is 3.89. The first-order valence-corrected chi connectivity index (χ1v) is 6.17. The first-order valence-electron chi connectivity index (χ1n) is 5.79. The minimum Gasteiger partial charge on any atom is -0.319 e. The molecule has 88 valence electrons. The molecule has 1 aromatic carbocycles. The van der Waals surface area contributed by atoms with Crippen LogP contribution >= 0.6 is 11.6 Å². The Hall–Kier alpha value is -0.600. The van der Waals surface area contributed by atoms with Gasteiger partial charge in [0.25, 0.3) is 0 Å². The summed E-state index contributed by atoms with van der Waals surface area (Å²) in [6.45, 7) is 1.07. The second kappa shape index (κ2) is 5.15. The van der Waals surface area contributed by atoms with Crippen molar-refractivity contribution in [3.63, 3.8) is 0 Å². The highest BCUT2D eigenvalue weighted by Gasteiger charge is 2.30. The molecular weight excluding hydrogens is 225 g/mol. The van der Waals surface area contributed by atoms with Crippen molar-refractivity contribution in [1.82, 2.24) is 5.32 Å². The van der Waals surface area contributed by atoms with Crippen LogP contribution < -0.4 is 5.32 Å². The van der Waals surface area contributed by atoms with E-state index >= 15 is 0 Å². The lowest BCUT2D eigenvalue weighted by atomic mass is 9.71. The van der Waals surface area contributed by atoms with E-state index in [1.54, 1.807) is 0 Å². The van der Waals surface area contributed by atoms with Gasteiger partial charge >= 0.3 is 0 Å². The summed E-state index contributed by atoms with van der Waals surface area (Å²) in [6.07, 6.45) is 3.54. The number of hydrogen-bond donors (Lipinski definition) is 1. The first-order chi connectivity index (χ1) is 7.70. The zero-order chi connectivity index (χ0) is 11.5. The van der Waals surface area contributed by atoms with Crippen molar-refractivity contribution in [3.8, 4) is 0 Å². The monoisotopic (exact) mass is 241 g/mol. The van der Waals surface area contributed by atoms with Crippen molar-refractivity contribution in [2.75, 3.05) is 13.6 Å². The van der Waals surface area contributed by atoms with Gasteiger partial charge in [-0.3, -0.25) is 0 Å². The quantitative estimate of drug-likeness (QED) is 0.853. The molecule has 2 unspecified atom stereocenters. The molecule has 0 saturated heterocycles. The minimum atomic E-state index is -0.255. The Morgan fingerprint density at radius 1 is 1.38 bits per heavy atom. The number of nitrogens with one attached hydrogen (secondary N) is 1. The smallest absolute Gasteiger partial charge is 0.124 e. The molecule has 0 radical (unpaired) electrons. The predicted octanol–water partition coefficient (Wildman–Crippen LogP) is 3.27. The van der Waals surface area contributed by atoms with E-state index in [0.29, 0.717) is 10.9 Å². The van der Waals surface area contributed by atoms with Crippen molar-refractivity contribution in [2.45, 2.75) is 19.3 Å². The molecule has 1 N–H and O–H groups in total. The van der Waals surface area contributed by atoms with E-state index in [1.165, 1.54) is 25.0 Å². The largest absolute Gasteiger partial charge is 0.319 e. The molecule has 2 atom stereocenters. The predicted molar refractivity (Wildman–Crippen MR) is 65.3 cm³/mol. The van der Waals surface area contributed by atoms with Crippen molar-refractivity contribution < 1.29 is 4.39 Å². The maximum atomic E-state index is 12.9. The Morgan fingerprint density at radius 3 is 2.69 bits per heavy atom. The fourth-order valence-corrected chi connectivity index (χ4v) is 2.65. The third kappa shape index (κ3) is 2.55. The molecule has 1 saturated carbocycles.